The minimum absolute atomic E-state index is 0.777. The van der Waals surface area contributed by atoms with Gasteiger partial charge in [0.05, 0.1) is 15.2 Å². The van der Waals surface area contributed by atoms with Crippen molar-refractivity contribution in [1.82, 2.24) is 10.3 Å². The van der Waals surface area contributed by atoms with Crippen LogP contribution in [0, 0.1) is 6.92 Å². The first-order valence-corrected chi connectivity index (χ1v) is 6.10. The van der Waals surface area contributed by atoms with Crippen LogP contribution in [0.1, 0.15) is 10.6 Å². The molecule has 0 amide bonds. The maximum absolute atomic E-state index is 6.06. The van der Waals surface area contributed by atoms with Crippen LogP contribution in [0.2, 0.25) is 5.02 Å². The van der Waals surface area contributed by atoms with E-state index in [9.17, 15) is 0 Å². The number of fused-ring (bicyclic) bond motifs is 1. The first-order chi connectivity index (χ1) is 7.20. The Balaban J connectivity index is 2.50. The van der Waals surface area contributed by atoms with E-state index in [1.807, 2.05) is 26.1 Å². The van der Waals surface area contributed by atoms with Crippen LogP contribution in [0.3, 0.4) is 0 Å². The summed E-state index contributed by atoms with van der Waals surface area (Å²) in [5.74, 6) is 0. The van der Waals surface area contributed by atoms with Gasteiger partial charge in [-0.25, -0.2) is 4.98 Å². The van der Waals surface area contributed by atoms with Crippen molar-refractivity contribution in [3.05, 3.63) is 27.7 Å². The molecule has 0 bridgehead atoms. The number of aromatic nitrogens is 1. The van der Waals surface area contributed by atoms with Gasteiger partial charge in [0, 0.05) is 5.02 Å². The molecular formula is C11H13ClN2S. The fraction of sp³-hybridized carbons (Fsp3) is 0.364. The second-order valence-corrected chi connectivity index (χ2v) is 5.14. The van der Waals surface area contributed by atoms with Gasteiger partial charge in [-0.05, 0) is 44.6 Å². The van der Waals surface area contributed by atoms with Gasteiger partial charge in [-0.1, -0.05) is 11.6 Å². The van der Waals surface area contributed by atoms with Crippen LogP contribution in [-0.4, -0.2) is 18.6 Å². The molecule has 1 aromatic heterocycles. The van der Waals surface area contributed by atoms with Crippen molar-refractivity contribution in [3.63, 3.8) is 0 Å². The molecule has 80 valence electrons. The van der Waals surface area contributed by atoms with Crippen molar-refractivity contribution < 1.29 is 0 Å². The van der Waals surface area contributed by atoms with Crippen molar-refractivity contribution >= 4 is 33.2 Å². The van der Waals surface area contributed by atoms with Crippen molar-refractivity contribution in [2.45, 2.75) is 13.3 Å². The van der Waals surface area contributed by atoms with E-state index >= 15 is 0 Å². The SMILES string of the molecule is CNCCc1cc(Cl)cc2nc(C)sc12. The summed E-state index contributed by atoms with van der Waals surface area (Å²) in [5.41, 5.74) is 2.31. The lowest BCUT2D eigenvalue weighted by molar-refractivity contribution is 0.795. The highest BCUT2D eigenvalue weighted by Gasteiger charge is 2.07. The van der Waals surface area contributed by atoms with E-state index in [4.69, 9.17) is 11.6 Å². The molecule has 0 radical (unpaired) electrons. The first kappa shape index (κ1) is 10.9. The van der Waals surface area contributed by atoms with E-state index in [1.165, 1.54) is 10.3 Å². The predicted octanol–water partition coefficient (Wildman–Crippen LogP) is 3.02. The molecule has 2 aromatic rings. The van der Waals surface area contributed by atoms with Crippen LogP contribution in [0.15, 0.2) is 12.1 Å². The molecule has 0 aliphatic carbocycles. The fourth-order valence-corrected chi connectivity index (χ4v) is 2.80. The maximum atomic E-state index is 6.06. The minimum Gasteiger partial charge on any atom is -0.319 e. The smallest absolute Gasteiger partial charge is 0.0907 e. The van der Waals surface area contributed by atoms with Gasteiger partial charge < -0.3 is 5.32 Å². The second-order valence-electron chi connectivity index (χ2n) is 3.50. The number of nitrogens with zero attached hydrogens (tertiary/aromatic N) is 1. The summed E-state index contributed by atoms with van der Waals surface area (Å²) in [7, 11) is 1.96. The molecule has 4 heteroatoms. The van der Waals surface area contributed by atoms with Gasteiger partial charge in [0.25, 0.3) is 0 Å². The molecule has 0 aliphatic heterocycles. The summed E-state index contributed by atoms with van der Waals surface area (Å²) in [4.78, 5) is 4.46. The highest BCUT2D eigenvalue weighted by molar-refractivity contribution is 7.18. The van der Waals surface area contributed by atoms with Gasteiger partial charge in [-0.3, -0.25) is 0 Å². The first-order valence-electron chi connectivity index (χ1n) is 4.91. The molecule has 1 N–H and O–H groups in total. The average Bonchev–Trinajstić information content (AvgIpc) is 2.54. The van der Waals surface area contributed by atoms with Crippen LogP contribution in [0.5, 0.6) is 0 Å². The van der Waals surface area contributed by atoms with Gasteiger partial charge in [-0.2, -0.15) is 0 Å². The molecule has 0 saturated carbocycles. The minimum atomic E-state index is 0.777. The molecule has 0 spiro atoms. The number of thiazole rings is 1. The quantitative estimate of drug-likeness (QED) is 0.892. The third kappa shape index (κ3) is 2.30. The average molecular weight is 241 g/mol. The zero-order valence-electron chi connectivity index (χ0n) is 8.80. The monoisotopic (exact) mass is 240 g/mol. The molecule has 1 aromatic carbocycles. The lowest BCUT2D eigenvalue weighted by Gasteiger charge is -2.02. The van der Waals surface area contributed by atoms with E-state index in [0.29, 0.717) is 0 Å². The van der Waals surface area contributed by atoms with Crippen molar-refractivity contribution in [2.75, 3.05) is 13.6 Å². The summed E-state index contributed by atoms with van der Waals surface area (Å²) in [6.45, 7) is 2.99. The summed E-state index contributed by atoms with van der Waals surface area (Å²) < 4.78 is 1.27. The highest BCUT2D eigenvalue weighted by Crippen LogP contribution is 2.29. The van der Waals surface area contributed by atoms with Gasteiger partial charge in [-0.15, -0.1) is 11.3 Å². The van der Waals surface area contributed by atoms with Crippen molar-refractivity contribution in [2.24, 2.45) is 0 Å². The molecule has 2 rings (SSSR count). The molecule has 2 nitrogen and oxygen atoms in total. The third-order valence-corrected chi connectivity index (χ3v) is 3.56. The molecule has 0 aliphatic rings. The molecular weight excluding hydrogens is 228 g/mol. The Kier molecular flexibility index (Phi) is 3.24. The molecule has 1 heterocycles. The van der Waals surface area contributed by atoms with Crippen molar-refractivity contribution in [1.29, 1.82) is 0 Å². The Morgan fingerprint density at radius 1 is 1.47 bits per heavy atom. The van der Waals surface area contributed by atoms with E-state index in [-0.39, 0.29) is 0 Å². The van der Waals surface area contributed by atoms with Crippen LogP contribution < -0.4 is 5.32 Å². The van der Waals surface area contributed by atoms with Crippen LogP contribution >= 0.6 is 22.9 Å². The van der Waals surface area contributed by atoms with E-state index in [1.54, 1.807) is 11.3 Å². The molecule has 0 atom stereocenters. The number of hydrogen-bond donors (Lipinski definition) is 1. The molecule has 15 heavy (non-hydrogen) atoms. The van der Waals surface area contributed by atoms with Gasteiger partial charge in [0.15, 0.2) is 0 Å². The maximum Gasteiger partial charge on any atom is 0.0907 e. The zero-order valence-corrected chi connectivity index (χ0v) is 10.4. The number of halogens is 1. The normalized spacial score (nSPS) is 11.1. The summed E-state index contributed by atoms with van der Waals surface area (Å²) in [6, 6.07) is 3.97. The molecule has 0 saturated heterocycles. The van der Waals surface area contributed by atoms with E-state index in [2.05, 4.69) is 10.3 Å². The number of rotatable bonds is 3. The van der Waals surface area contributed by atoms with Crippen LogP contribution in [-0.2, 0) is 6.42 Å². The van der Waals surface area contributed by atoms with E-state index < -0.39 is 0 Å². The standard InChI is InChI=1S/C11H13ClN2S/c1-7-14-10-6-9(12)5-8(3-4-13-2)11(10)15-7/h5-6,13H,3-4H2,1-2H3. The summed E-state index contributed by atoms with van der Waals surface area (Å²) >= 11 is 7.80. The third-order valence-electron chi connectivity index (χ3n) is 2.28. The lowest BCUT2D eigenvalue weighted by atomic mass is 10.1. The lowest BCUT2D eigenvalue weighted by Crippen LogP contribution is -2.10. The van der Waals surface area contributed by atoms with Crippen molar-refractivity contribution in [3.8, 4) is 0 Å². The summed E-state index contributed by atoms with van der Waals surface area (Å²) in [5, 5.41) is 5.02. The Bertz CT molecular complexity index is 479. The number of aryl methyl sites for hydroxylation is 1. The van der Waals surface area contributed by atoms with E-state index in [0.717, 1.165) is 28.5 Å². The van der Waals surface area contributed by atoms with Crippen LogP contribution in [0.25, 0.3) is 10.2 Å². The Morgan fingerprint density at radius 2 is 2.27 bits per heavy atom. The Morgan fingerprint density at radius 3 is 3.00 bits per heavy atom. The molecule has 0 unspecified atom stereocenters. The highest BCUT2D eigenvalue weighted by atomic mass is 35.5. The number of likely N-dealkylation sites (N-methyl/N-ethyl adjacent to an activating group) is 1. The second kappa shape index (κ2) is 4.47. The Hall–Kier alpha value is -0.640. The number of hydrogen-bond acceptors (Lipinski definition) is 3. The van der Waals surface area contributed by atoms with Crippen LogP contribution in [0.4, 0.5) is 0 Å². The number of nitrogens with one attached hydrogen (secondary N) is 1. The number of benzene rings is 1. The van der Waals surface area contributed by atoms with Gasteiger partial charge in [0.2, 0.25) is 0 Å². The topological polar surface area (TPSA) is 24.9 Å². The fourth-order valence-electron chi connectivity index (χ4n) is 1.62. The van der Waals surface area contributed by atoms with Gasteiger partial charge in [0.1, 0.15) is 0 Å². The van der Waals surface area contributed by atoms with Gasteiger partial charge >= 0.3 is 0 Å². The largest absolute Gasteiger partial charge is 0.319 e. The zero-order chi connectivity index (χ0) is 10.8. The predicted molar refractivity (Wildman–Crippen MR) is 67.0 cm³/mol. The summed E-state index contributed by atoms with van der Waals surface area (Å²) in [6.07, 6.45) is 0.995. The molecule has 0 fully saturated rings. The Labute approximate surface area is 98.3 Å².